The van der Waals surface area contributed by atoms with Crippen molar-refractivity contribution in [1.82, 2.24) is 15.1 Å². The first-order valence-corrected chi connectivity index (χ1v) is 9.98. The molecular formula is C19H35N3O3. The summed E-state index contributed by atoms with van der Waals surface area (Å²) in [5, 5.41) is 3.02. The normalized spacial score (nSPS) is 30.4. The Labute approximate surface area is 152 Å². The first kappa shape index (κ1) is 18.9. The minimum Gasteiger partial charge on any atom is -0.444 e. The Bertz CT molecular complexity index is 438. The van der Waals surface area contributed by atoms with Gasteiger partial charge < -0.3 is 19.7 Å². The second-order valence-corrected chi connectivity index (χ2v) is 8.72. The van der Waals surface area contributed by atoms with Crippen molar-refractivity contribution in [2.24, 2.45) is 0 Å². The lowest BCUT2D eigenvalue weighted by molar-refractivity contribution is 0.0435. The fourth-order valence-electron chi connectivity index (χ4n) is 4.37. The van der Waals surface area contributed by atoms with Crippen molar-refractivity contribution in [1.29, 1.82) is 0 Å². The van der Waals surface area contributed by atoms with E-state index >= 15 is 0 Å². The standard InChI is InChI=1S/C19H35N3O3/c1-19(2,3)25-18(23)20-16-13-24-14-17(16)22-11-7-15(8-12-22)21-9-5-4-6-10-21/h15-17H,4-14H2,1-3H3,(H,20,23). The zero-order valence-corrected chi connectivity index (χ0v) is 16.1. The molecule has 0 aromatic carbocycles. The SMILES string of the molecule is CC(C)(C)OC(=O)NC1COCC1N1CCC(N2CCCCC2)CC1. The van der Waals surface area contributed by atoms with Crippen molar-refractivity contribution in [3.8, 4) is 0 Å². The van der Waals surface area contributed by atoms with Gasteiger partial charge in [0.15, 0.2) is 0 Å². The molecule has 25 heavy (non-hydrogen) atoms. The number of hydrogen-bond acceptors (Lipinski definition) is 5. The van der Waals surface area contributed by atoms with Crippen LogP contribution in [-0.2, 0) is 9.47 Å². The molecule has 0 aliphatic carbocycles. The molecule has 1 amide bonds. The Balaban J connectivity index is 1.47. The van der Waals surface area contributed by atoms with Crippen molar-refractivity contribution >= 4 is 6.09 Å². The average Bonchev–Trinajstić information content (AvgIpc) is 3.02. The largest absolute Gasteiger partial charge is 0.444 e. The molecule has 144 valence electrons. The van der Waals surface area contributed by atoms with E-state index in [2.05, 4.69) is 15.1 Å². The molecule has 3 saturated heterocycles. The molecule has 6 nitrogen and oxygen atoms in total. The zero-order chi connectivity index (χ0) is 17.9. The summed E-state index contributed by atoms with van der Waals surface area (Å²) in [4.78, 5) is 17.3. The van der Waals surface area contributed by atoms with E-state index in [9.17, 15) is 4.79 Å². The van der Waals surface area contributed by atoms with E-state index in [1.165, 1.54) is 45.2 Å². The van der Waals surface area contributed by atoms with Gasteiger partial charge in [-0.15, -0.1) is 0 Å². The van der Waals surface area contributed by atoms with Gasteiger partial charge >= 0.3 is 6.09 Å². The molecule has 2 unspecified atom stereocenters. The van der Waals surface area contributed by atoms with Crippen LogP contribution in [0.2, 0.25) is 0 Å². The molecule has 0 saturated carbocycles. The quantitative estimate of drug-likeness (QED) is 0.843. The van der Waals surface area contributed by atoms with Crippen LogP contribution in [0.3, 0.4) is 0 Å². The highest BCUT2D eigenvalue weighted by atomic mass is 16.6. The van der Waals surface area contributed by atoms with Crippen LogP contribution < -0.4 is 5.32 Å². The number of amides is 1. The summed E-state index contributed by atoms with van der Waals surface area (Å²) in [6, 6.07) is 1.05. The Hall–Kier alpha value is -0.850. The van der Waals surface area contributed by atoms with E-state index in [0.717, 1.165) is 19.1 Å². The van der Waals surface area contributed by atoms with Gasteiger partial charge in [0.2, 0.25) is 0 Å². The Morgan fingerprint density at radius 1 is 1.00 bits per heavy atom. The van der Waals surface area contributed by atoms with Crippen LogP contribution in [0.1, 0.15) is 52.9 Å². The van der Waals surface area contributed by atoms with Crippen LogP contribution in [0.15, 0.2) is 0 Å². The van der Waals surface area contributed by atoms with Gasteiger partial charge in [0, 0.05) is 19.1 Å². The molecule has 3 rings (SSSR count). The van der Waals surface area contributed by atoms with Gasteiger partial charge in [-0.3, -0.25) is 4.90 Å². The average molecular weight is 354 g/mol. The maximum Gasteiger partial charge on any atom is 0.408 e. The number of likely N-dealkylation sites (tertiary alicyclic amines) is 2. The summed E-state index contributed by atoms with van der Waals surface area (Å²) < 4.78 is 11.1. The molecule has 2 atom stereocenters. The Kier molecular flexibility index (Phi) is 6.23. The number of carbonyl (C=O) groups excluding carboxylic acids is 1. The maximum atomic E-state index is 12.1. The number of piperidine rings is 2. The molecule has 1 N–H and O–H groups in total. The molecule has 3 aliphatic rings. The highest BCUT2D eigenvalue weighted by molar-refractivity contribution is 5.68. The van der Waals surface area contributed by atoms with Crippen molar-refractivity contribution < 1.29 is 14.3 Å². The van der Waals surface area contributed by atoms with Crippen molar-refractivity contribution in [3.63, 3.8) is 0 Å². The van der Waals surface area contributed by atoms with Gasteiger partial charge in [-0.2, -0.15) is 0 Å². The van der Waals surface area contributed by atoms with Crippen LogP contribution in [0.4, 0.5) is 4.79 Å². The van der Waals surface area contributed by atoms with Crippen LogP contribution >= 0.6 is 0 Å². The van der Waals surface area contributed by atoms with E-state index < -0.39 is 5.60 Å². The summed E-state index contributed by atoms with van der Waals surface area (Å²) >= 11 is 0. The highest BCUT2D eigenvalue weighted by Gasteiger charge is 2.37. The first-order valence-electron chi connectivity index (χ1n) is 9.98. The minimum absolute atomic E-state index is 0.0291. The third-order valence-corrected chi connectivity index (χ3v) is 5.63. The summed E-state index contributed by atoms with van der Waals surface area (Å²) in [5.41, 5.74) is -0.466. The summed E-state index contributed by atoms with van der Waals surface area (Å²) in [6.45, 7) is 11.7. The number of ether oxygens (including phenoxy) is 2. The molecule has 0 bridgehead atoms. The molecule has 6 heteroatoms. The van der Waals surface area contributed by atoms with Crippen molar-refractivity contribution in [2.75, 3.05) is 39.4 Å². The number of nitrogens with zero attached hydrogens (tertiary/aromatic N) is 2. The van der Waals surface area contributed by atoms with Crippen molar-refractivity contribution in [2.45, 2.75) is 76.6 Å². The number of hydrogen-bond donors (Lipinski definition) is 1. The van der Waals surface area contributed by atoms with E-state index in [1.807, 2.05) is 20.8 Å². The Morgan fingerprint density at radius 2 is 1.68 bits per heavy atom. The van der Waals surface area contributed by atoms with Crippen LogP contribution in [0.5, 0.6) is 0 Å². The third-order valence-electron chi connectivity index (χ3n) is 5.63. The van der Waals surface area contributed by atoms with Gasteiger partial charge in [-0.25, -0.2) is 4.79 Å². The second-order valence-electron chi connectivity index (χ2n) is 8.72. The number of alkyl carbamates (subject to hydrolysis) is 1. The van der Waals surface area contributed by atoms with Crippen LogP contribution in [0, 0.1) is 0 Å². The number of nitrogens with one attached hydrogen (secondary N) is 1. The van der Waals surface area contributed by atoms with Gasteiger partial charge in [-0.1, -0.05) is 6.42 Å². The van der Waals surface area contributed by atoms with E-state index in [1.54, 1.807) is 0 Å². The smallest absolute Gasteiger partial charge is 0.408 e. The van der Waals surface area contributed by atoms with Crippen LogP contribution in [-0.4, -0.2) is 79.0 Å². The van der Waals surface area contributed by atoms with Gasteiger partial charge in [0.05, 0.1) is 25.3 Å². The lowest BCUT2D eigenvalue weighted by atomic mass is 9.98. The van der Waals surface area contributed by atoms with E-state index in [4.69, 9.17) is 9.47 Å². The fourth-order valence-corrected chi connectivity index (χ4v) is 4.37. The second kappa shape index (κ2) is 8.23. The monoisotopic (exact) mass is 353 g/mol. The summed E-state index contributed by atoms with van der Waals surface area (Å²) in [7, 11) is 0. The lowest BCUT2D eigenvalue weighted by Gasteiger charge is -2.42. The van der Waals surface area contributed by atoms with E-state index in [-0.39, 0.29) is 18.2 Å². The molecular weight excluding hydrogens is 318 g/mol. The fraction of sp³-hybridized carbons (Fsp3) is 0.947. The number of carbonyl (C=O) groups is 1. The summed E-state index contributed by atoms with van der Waals surface area (Å²) in [5.74, 6) is 0. The Morgan fingerprint density at radius 3 is 2.32 bits per heavy atom. The molecule has 0 aromatic rings. The highest BCUT2D eigenvalue weighted by Crippen LogP contribution is 2.24. The minimum atomic E-state index is -0.466. The zero-order valence-electron chi connectivity index (χ0n) is 16.1. The maximum absolute atomic E-state index is 12.1. The molecule has 0 radical (unpaired) electrons. The lowest BCUT2D eigenvalue weighted by Crippen LogP contribution is -2.55. The van der Waals surface area contributed by atoms with Crippen LogP contribution in [0.25, 0.3) is 0 Å². The predicted molar refractivity (Wildman–Crippen MR) is 97.8 cm³/mol. The van der Waals surface area contributed by atoms with Crippen molar-refractivity contribution in [3.05, 3.63) is 0 Å². The van der Waals surface area contributed by atoms with Gasteiger partial charge in [-0.05, 0) is 59.5 Å². The van der Waals surface area contributed by atoms with Gasteiger partial charge in [0.1, 0.15) is 5.60 Å². The molecule has 3 fully saturated rings. The summed E-state index contributed by atoms with van der Waals surface area (Å²) in [6.07, 6.45) is 6.24. The van der Waals surface area contributed by atoms with E-state index in [0.29, 0.717) is 13.2 Å². The molecule has 3 aliphatic heterocycles. The molecule has 3 heterocycles. The molecule has 0 aromatic heterocycles. The first-order chi connectivity index (χ1) is 11.9. The number of rotatable bonds is 3. The third kappa shape index (κ3) is 5.31. The topological polar surface area (TPSA) is 54.0 Å². The van der Waals surface area contributed by atoms with Gasteiger partial charge in [0.25, 0.3) is 0 Å². The predicted octanol–water partition coefficient (Wildman–Crippen LogP) is 2.23. The molecule has 0 spiro atoms.